The molecule has 1 saturated heterocycles. The molecule has 4 aromatic rings. The van der Waals surface area contributed by atoms with Crippen LogP contribution in [0.5, 0.6) is 0 Å². The maximum absolute atomic E-state index is 12.9. The molecule has 0 aliphatic carbocycles. The molecule has 3 heterocycles. The number of nitrogens with zero attached hydrogens (tertiary/aromatic N) is 3. The fourth-order valence-electron chi connectivity index (χ4n) is 3.81. The molecule has 7 heteroatoms. The summed E-state index contributed by atoms with van der Waals surface area (Å²) in [6, 6.07) is 18.7. The highest BCUT2D eigenvalue weighted by molar-refractivity contribution is 7.21. The Morgan fingerprint density at radius 1 is 1.03 bits per heavy atom. The van der Waals surface area contributed by atoms with Gasteiger partial charge in [0.15, 0.2) is 5.78 Å². The fraction of sp³-hybridized carbons (Fsp3) is 0.167. The van der Waals surface area contributed by atoms with Gasteiger partial charge in [0.25, 0.3) is 5.56 Å². The van der Waals surface area contributed by atoms with Gasteiger partial charge in [-0.1, -0.05) is 30.3 Å². The van der Waals surface area contributed by atoms with Gasteiger partial charge in [-0.3, -0.25) is 19.0 Å². The van der Waals surface area contributed by atoms with Crippen LogP contribution in [0.3, 0.4) is 0 Å². The zero-order valence-corrected chi connectivity index (χ0v) is 17.5. The molecule has 0 radical (unpaired) electrons. The van der Waals surface area contributed by atoms with Crippen LogP contribution in [0.2, 0.25) is 0 Å². The Morgan fingerprint density at radius 2 is 1.81 bits per heavy atom. The zero-order chi connectivity index (χ0) is 21.4. The minimum atomic E-state index is -0.226. The average Bonchev–Trinajstić information content (AvgIpc) is 3.43. The minimum absolute atomic E-state index is 0.0831. The first-order valence-electron chi connectivity index (χ1n) is 10.1. The van der Waals surface area contributed by atoms with Gasteiger partial charge in [-0.2, -0.15) is 0 Å². The summed E-state index contributed by atoms with van der Waals surface area (Å²) in [6.45, 7) is 0.624. The molecule has 0 unspecified atom stereocenters. The van der Waals surface area contributed by atoms with Crippen LogP contribution in [0.4, 0.5) is 5.69 Å². The summed E-state index contributed by atoms with van der Waals surface area (Å²) in [7, 11) is 0. The van der Waals surface area contributed by atoms with Gasteiger partial charge >= 0.3 is 0 Å². The topological polar surface area (TPSA) is 72.3 Å². The maximum Gasteiger partial charge on any atom is 0.262 e. The fourth-order valence-corrected chi connectivity index (χ4v) is 4.81. The third-order valence-corrected chi connectivity index (χ3v) is 6.56. The van der Waals surface area contributed by atoms with Gasteiger partial charge in [0.1, 0.15) is 4.83 Å². The molecule has 0 N–H and O–H groups in total. The molecule has 1 fully saturated rings. The smallest absolute Gasteiger partial charge is 0.262 e. The first kappa shape index (κ1) is 19.4. The lowest BCUT2D eigenvalue weighted by Crippen LogP contribution is -2.25. The zero-order valence-electron chi connectivity index (χ0n) is 16.7. The molecule has 5 rings (SSSR count). The van der Waals surface area contributed by atoms with Crippen molar-refractivity contribution in [3.8, 4) is 10.4 Å². The number of thiophene rings is 1. The van der Waals surface area contributed by atoms with Crippen LogP contribution in [0.1, 0.15) is 23.2 Å². The van der Waals surface area contributed by atoms with Crippen molar-refractivity contribution < 1.29 is 9.59 Å². The largest absolute Gasteiger partial charge is 0.312 e. The summed E-state index contributed by atoms with van der Waals surface area (Å²) < 4.78 is 1.35. The Kier molecular flexibility index (Phi) is 4.95. The third-order valence-electron chi connectivity index (χ3n) is 5.46. The second-order valence-electron chi connectivity index (χ2n) is 7.49. The van der Waals surface area contributed by atoms with Crippen molar-refractivity contribution in [3.63, 3.8) is 0 Å². The van der Waals surface area contributed by atoms with E-state index in [-0.39, 0.29) is 23.8 Å². The first-order valence-corrected chi connectivity index (χ1v) is 10.9. The second-order valence-corrected chi connectivity index (χ2v) is 8.52. The predicted molar refractivity (Wildman–Crippen MR) is 122 cm³/mol. The number of ketones is 1. The van der Waals surface area contributed by atoms with E-state index in [1.54, 1.807) is 29.2 Å². The molecule has 2 aromatic heterocycles. The van der Waals surface area contributed by atoms with Crippen molar-refractivity contribution >= 4 is 38.9 Å². The van der Waals surface area contributed by atoms with Gasteiger partial charge in [0.2, 0.25) is 5.91 Å². The second kappa shape index (κ2) is 7.92. The van der Waals surface area contributed by atoms with E-state index >= 15 is 0 Å². The van der Waals surface area contributed by atoms with Gasteiger partial charge in [0, 0.05) is 29.1 Å². The molecule has 1 aliphatic heterocycles. The molecule has 0 saturated carbocycles. The number of hydrogen-bond donors (Lipinski definition) is 0. The van der Waals surface area contributed by atoms with Crippen LogP contribution in [0, 0.1) is 0 Å². The van der Waals surface area contributed by atoms with Gasteiger partial charge in [-0.25, -0.2) is 4.98 Å². The van der Waals surface area contributed by atoms with E-state index in [0.29, 0.717) is 28.7 Å². The van der Waals surface area contributed by atoms with Crippen molar-refractivity contribution in [1.29, 1.82) is 0 Å². The van der Waals surface area contributed by atoms with E-state index < -0.39 is 0 Å². The number of anilines is 1. The van der Waals surface area contributed by atoms with Gasteiger partial charge in [-0.05, 0) is 42.3 Å². The standard InChI is InChI=1S/C24H19N3O3S/c28-20(16-8-10-18(11-9-16)27-12-4-7-22(27)29)14-26-15-25-23-19(24(26)30)13-21(31-23)17-5-2-1-3-6-17/h1-3,5-6,8-11,13,15H,4,7,12,14H2. The number of fused-ring (bicyclic) bond motifs is 1. The number of Topliss-reactive ketones (excluding diaryl/α,β-unsaturated/α-hetero) is 1. The van der Waals surface area contributed by atoms with E-state index in [0.717, 1.165) is 22.5 Å². The summed E-state index contributed by atoms with van der Waals surface area (Å²) in [6.07, 6.45) is 2.85. The highest BCUT2D eigenvalue weighted by atomic mass is 32.1. The molecule has 1 aliphatic rings. The van der Waals surface area contributed by atoms with Crippen LogP contribution >= 0.6 is 11.3 Å². The van der Waals surface area contributed by atoms with Crippen molar-refractivity contribution in [3.05, 3.63) is 82.9 Å². The summed E-state index contributed by atoms with van der Waals surface area (Å²) in [5, 5.41) is 0.516. The SMILES string of the molecule is O=C(Cn1cnc2sc(-c3ccccc3)cc2c1=O)c1ccc(N2CCCC2=O)cc1. The van der Waals surface area contributed by atoms with E-state index in [1.165, 1.54) is 22.2 Å². The average molecular weight is 430 g/mol. The Labute approximate surface area is 182 Å². The molecule has 1 amide bonds. The molecule has 0 atom stereocenters. The number of rotatable bonds is 5. The number of aromatic nitrogens is 2. The van der Waals surface area contributed by atoms with E-state index in [1.807, 2.05) is 36.4 Å². The summed E-state index contributed by atoms with van der Waals surface area (Å²) >= 11 is 1.46. The Morgan fingerprint density at radius 3 is 2.52 bits per heavy atom. The molecular formula is C24H19N3O3S. The first-order chi connectivity index (χ1) is 15.1. The summed E-state index contributed by atoms with van der Waals surface area (Å²) in [4.78, 5) is 45.3. The molecular weight excluding hydrogens is 410 g/mol. The van der Waals surface area contributed by atoms with Gasteiger partial charge in [0.05, 0.1) is 18.3 Å². The Hall–Kier alpha value is -3.58. The molecule has 6 nitrogen and oxygen atoms in total. The number of amides is 1. The Bertz CT molecular complexity index is 1340. The van der Waals surface area contributed by atoms with Gasteiger partial charge in [-0.15, -0.1) is 11.3 Å². The lowest BCUT2D eigenvalue weighted by atomic mass is 10.1. The van der Waals surface area contributed by atoms with Crippen LogP contribution in [0.25, 0.3) is 20.7 Å². The van der Waals surface area contributed by atoms with Crippen LogP contribution < -0.4 is 10.5 Å². The van der Waals surface area contributed by atoms with Crippen LogP contribution in [-0.4, -0.2) is 27.8 Å². The Balaban J connectivity index is 1.38. The molecule has 2 aromatic carbocycles. The lowest BCUT2D eigenvalue weighted by Gasteiger charge is -2.15. The van der Waals surface area contributed by atoms with Crippen LogP contribution in [0.15, 0.2) is 71.8 Å². The summed E-state index contributed by atoms with van der Waals surface area (Å²) in [5.41, 5.74) is 2.10. The van der Waals surface area contributed by atoms with Crippen molar-refractivity contribution in [2.24, 2.45) is 0 Å². The number of carbonyl (C=O) groups is 2. The monoisotopic (exact) mass is 429 g/mol. The predicted octanol–water partition coefficient (Wildman–Crippen LogP) is 4.13. The van der Waals surface area contributed by atoms with Crippen molar-refractivity contribution in [2.75, 3.05) is 11.4 Å². The molecule has 0 spiro atoms. The highest BCUT2D eigenvalue weighted by Gasteiger charge is 2.22. The highest BCUT2D eigenvalue weighted by Crippen LogP contribution is 2.30. The normalized spacial score (nSPS) is 13.8. The van der Waals surface area contributed by atoms with Crippen molar-refractivity contribution in [2.45, 2.75) is 19.4 Å². The maximum atomic E-state index is 12.9. The summed E-state index contributed by atoms with van der Waals surface area (Å²) in [5.74, 6) is -0.0725. The third kappa shape index (κ3) is 3.68. The van der Waals surface area contributed by atoms with Crippen LogP contribution in [-0.2, 0) is 11.3 Å². The van der Waals surface area contributed by atoms with E-state index in [2.05, 4.69) is 4.98 Å². The number of carbonyl (C=O) groups excluding carboxylic acids is 2. The number of benzene rings is 2. The van der Waals surface area contributed by atoms with E-state index in [4.69, 9.17) is 0 Å². The molecule has 154 valence electrons. The van der Waals surface area contributed by atoms with E-state index in [9.17, 15) is 14.4 Å². The van der Waals surface area contributed by atoms with Gasteiger partial charge < -0.3 is 4.90 Å². The number of hydrogen-bond acceptors (Lipinski definition) is 5. The minimum Gasteiger partial charge on any atom is -0.312 e. The quantitative estimate of drug-likeness (QED) is 0.447. The molecule has 31 heavy (non-hydrogen) atoms. The lowest BCUT2D eigenvalue weighted by molar-refractivity contribution is -0.117. The van der Waals surface area contributed by atoms with Crippen molar-refractivity contribution in [1.82, 2.24) is 9.55 Å². The molecule has 0 bridgehead atoms.